The van der Waals surface area contributed by atoms with E-state index in [2.05, 4.69) is 4.98 Å². The largest absolute Gasteiger partial charge is 0.477 e. The number of nitro groups is 1. The number of hydrogen-bond donors (Lipinski definition) is 1. The fourth-order valence-electron chi connectivity index (χ4n) is 2.51. The molecular formula is C15H13N3O4S. The molecule has 7 nitrogen and oxygen atoms in total. The van der Waals surface area contributed by atoms with E-state index in [1.54, 1.807) is 21.9 Å². The van der Waals surface area contributed by atoms with Crippen molar-refractivity contribution in [2.75, 3.05) is 0 Å². The van der Waals surface area contributed by atoms with E-state index in [4.69, 9.17) is 0 Å². The molecule has 2 aromatic heterocycles. The molecule has 0 aliphatic heterocycles. The number of thiazole rings is 1. The van der Waals surface area contributed by atoms with Gasteiger partial charge in [0.1, 0.15) is 0 Å². The molecule has 0 saturated carbocycles. The van der Waals surface area contributed by atoms with Gasteiger partial charge >= 0.3 is 5.97 Å². The first-order valence-corrected chi connectivity index (χ1v) is 7.87. The number of non-ortho nitro benzene ring substituents is 1. The third-order valence-electron chi connectivity index (χ3n) is 3.48. The van der Waals surface area contributed by atoms with Crippen LogP contribution in [-0.2, 0) is 6.42 Å². The van der Waals surface area contributed by atoms with E-state index >= 15 is 0 Å². The molecule has 23 heavy (non-hydrogen) atoms. The molecule has 0 aliphatic carbocycles. The van der Waals surface area contributed by atoms with E-state index < -0.39 is 10.9 Å². The number of carboxylic acids is 1. The summed E-state index contributed by atoms with van der Waals surface area (Å²) in [5.41, 5.74) is 1.82. The maximum atomic E-state index is 11.7. The number of carbonyl (C=O) groups is 1. The highest BCUT2D eigenvalue weighted by Crippen LogP contribution is 2.31. The number of benzene rings is 1. The summed E-state index contributed by atoms with van der Waals surface area (Å²) in [7, 11) is 0. The lowest BCUT2D eigenvalue weighted by atomic mass is 10.1. The van der Waals surface area contributed by atoms with Crippen LogP contribution in [0.4, 0.5) is 5.69 Å². The van der Waals surface area contributed by atoms with Crippen LogP contribution in [0.5, 0.6) is 0 Å². The molecule has 0 bridgehead atoms. The van der Waals surface area contributed by atoms with Crippen LogP contribution >= 0.6 is 11.3 Å². The number of imidazole rings is 1. The molecule has 0 radical (unpaired) electrons. The minimum absolute atomic E-state index is 0.0346. The first-order valence-electron chi connectivity index (χ1n) is 7.00. The van der Waals surface area contributed by atoms with Crippen molar-refractivity contribution in [2.45, 2.75) is 19.8 Å². The Hall–Kier alpha value is -2.74. The highest BCUT2D eigenvalue weighted by atomic mass is 32.1. The fourth-order valence-corrected chi connectivity index (χ4v) is 3.43. The number of hydrogen-bond acceptors (Lipinski definition) is 5. The predicted octanol–water partition coefficient (Wildman–Crippen LogP) is 3.62. The zero-order valence-electron chi connectivity index (χ0n) is 12.2. The van der Waals surface area contributed by atoms with Gasteiger partial charge in [0.25, 0.3) is 5.69 Å². The lowest BCUT2D eigenvalue weighted by molar-refractivity contribution is -0.384. The van der Waals surface area contributed by atoms with Crippen molar-refractivity contribution in [3.8, 4) is 11.3 Å². The standard InChI is InChI=1S/C15H13N3O4S/c1-2-4-11-13(14(19)20)17-12(8-23-15(17)16-11)9-5-3-6-10(7-9)18(21)22/h3,5-8H,2,4H2,1H3,(H,19,20). The molecule has 0 aliphatic rings. The van der Waals surface area contributed by atoms with E-state index in [0.717, 1.165) is 6.42 Å². The first-order chi connectivity index (χ1) is 11.0. The second-order valence-corrected chi connectivity index (χ2v) is 5.85. The van der Waals surface area contributed by atoms with E-state index in [0.29, 0.717) is 28.3 Å². The number of nitro benzene ring substituents is 1. The van der Waals surface area contributed by atoms with Crippen LogP contribution in [0.1, 0.15) is 29.5 Å². The van der Waals surface area contributed by atoms with Crippen LogP contribution in [0.2, 0.25) is 0 Å². The summed E-state index contributed by atoms with van der Waals surface area (Å²) >= 11 is 1.32. The number of rotatable bonds is 5. The van der Waals surface area contributed by atoms with Gasteiger partial charge < -0.3 is 5.11 Å². The number of aromatic carboxylic acids is 1. The zero-order chi connectivity index (χ0) is 16.6. The number of nitrogens with zero attached hydrogens (tertiary/aromatic N) is 3. The quantitative estimate of drug-likeness (QED) is 0.569. The highest BCUT2D eigenvalue weighted by molar-refractivity contribution is 7.15. The number of fused-ring (bicyclic) bond motifs is 1. The molecule has 8 heteroatoms. The molecule has 1 N–H and O–H groups in total. The Kier molecular flexibility index (Phi) is 3.83. The Labute approximate surface area is 135 Å². The van der Waals surface area contributed by atoms with Gasteiger partial charge in [0.05, 0.1) is 16.3 Å². The Morgan fingerprint density at radius 1 is 1.48 bits per heavy atom. The molecule has 0 spiro atoms. The summed E-state index contributed by atoms with van der Waals surface area (Å²) in [5.74, 6) is -1.05. The van der Waals surface area contributed by atoms with Gasteiger partial charge in [-0.2, -0.15) is 0 Å². The van der Waals surface area contributed by atoms with Crippen LogP contribution < -0.4 is 0 Å². The second kappa shape index (κ2) is 5.81. The fraction of sp³-hybridized carbons (Fsp3) is 0.200. The Bertz CT molecular complexity index is 913. The lowest BCUT2D eigenvalue weighted by Crippen LogP contribution is -2.06. The highest BCUT2D eigenvalue weighted by Gasteiger charge is 2.22. The minimum atomic E-state index is -1.05. The summed E-state index contributed by atoms with van der Waals surface area (Å²) in [5, 5.41) is 22.3. The molecule has 2 heterocycles. The summed E-state index contributed by atoms with van der Waals surface area (Å²) in [6, 6.07) is 6.15. The van der Waals surface area contributed by atoms with Crippen molar-refractivity contribution < 1.29 is 14.8 Å². The third kappa shape index (κ3) is 2.57. The van der Waals surface area contributed by atoms with Crippen molar-refractivity contribution >= 4 is 28.0 Å². The van der Waals surface area contributed by atoms with Crippen molar-refractivity contribution in [1.82, 2.24) is 9.38 Å². The van der Waals surface area contributed by atoms with Gasteiger partial charge in [-0.05, 0) is 6.42 Å². The van der Waals surface area contributed by atoms with Gasteiger partial charge in [0.2, 0.25) is 0 Å². The van der Waals surface area contributed by atoms with Gasteiger partial charge in [-0.1, -0.05) is 25.5 Å². The van der Waals surface area contributed by atoms with Crippen LogP contribution in [-0.4, -0.2) is 25.4 Å². The van der Waals surface area contributed by atoms with Gasteiger partial charge in [0.15, 0.2) is 10.7 Å². The van der Waals surface area contributed by atoms with E-state index in [1.807, 2.05) is 6.92 Å². The molecule has 0 unspecified atom stereocenters. The van der Waals surface area contributed by atoms with Crippen LogP contribution in [0.15, 0.2) is 29.6 Å². The Balaban J connectivity index is 2.24. The molecule has 0 atom stereocenters. The van der Waals surface area contributed by atoms with Crippen molar-refractivity contribution in [3.05, 3.63) is 51.1 Å². The van der Waals surface area contributed by atoms with Crippen LogP contribution in [0.3, 0.4) is 0 Å². The molecule has 1 aromatic carbocycles. The zero-order valence-corrected chi connectivity index (χ0v) is 13.0. The Morgan fingerprint density at radius 2 is 2.26 bits per heavy atom. The molecule has 0 saturated heterocycles. The van der Waals surface area contributed by atoms with Crippen molar-refractivity contribution in [1.29, 1.82) is 0 Å². The predicted molar refractivity (Wildman–Crippen MR) is 86.1 cm³/mol. The maximum absolute atomic E-state index is 11.7. The molecule has 0 amide bonds. The number of aromatic nitrogens is 2. The van der Waals surface area contributed by atoms with Gasteiger partial charge in [-0.15, -0.1) is 11.3 Å². The third-order valence-corrected chi connectivity index (χ3v) is 4.30. The maximum Gasteiger partial charge on any atom is 0.354 e. The SMILES string of the molecule is CCCc1nc2scc(-c3cccc([N+](=O)[O-])c3)n2c1C(=O)O. The summed E-state index contributed by atoms with van der Waals surface area (Å²) in [6.45, 7) is 1.96. The first kappa shape index (κ1) is 15.2. The van der Waals surface area contributed by atoms with Gasteiger partial charge in [-0.3, -0.25) is 14.5 Å². The number of aryl methyl sites for hydroxylation is 1. The average Bonchev–Trinajstić information content (AvgIpc) is 3.05. The molecule has 3 rings (SSSR count). The summed E-state index contributed by atoms with van der Waals surface area (Å²) in [6.07, 6.45) is 1.36. The van der Waals surface area contributed by atoms with Crippen molar-refractivity contribution in [2.24, 2.45) is 0 Å². The van der Waals surface area contributed by atoms with Gasteiger partial charge in [-0.25, -0.2) is 9.78 Å². The summed E-state index contributed by atoms with van der Waals surface area (Å²) < 4.78 is 1.57. The summed E-state index contributed by atoms with van der Waals surface area (Å²) in [4.78, 5) is 27.1. The normalized spacial score (nSPS) is 11.0. The van der Waals surface area contributed by atoms with Crippen molar-refractivity contribution in [3.63, 3.8) is 0 Å². The average molecular weight is 331 g/mol. The molecule has 3 aromatic rings. The van der Waals surface area contributed by atoms with E-state index in [1.165, 1.54) is 23.5 Å². The topological polar surface area (TPSA) is 97.7 Å². The van der Waals surface area contributed by atoms with E-state index in [9.17, 15) is 20.0 Å². The monoisotopic (exact) mass is 331 g/mol. The van der Waals surface area contributed by atoms with Gasteiger partial charge in [0, 0.05) is 23.1 Å². The lowest BCUT2D eigenvalue weighted by Gasteiger charge is -2.03. The molecule has 118 valence electrons. The molecular weight excluding hydrogens is 318 g/mol. The minimum Gasteiger partial charge on any atom is -0.477 e. The number of carboxylic acid groups (broad SMARTS) is 1. The second-order valence-electron chi connectivity index (χ2n) is 5.01. The molecule has 0 fully saturated rings. The van der Waals surface area contributed by atoms with E-state index in [-0.39, 0.29) is 11.4 Å². The Morgan fingerprint density at radius 3 is 2.91 bits per heavy atom. The van der Waals surface area contributed by atoms with Crippen LogP contribution in [0.25, 0.3) is 16.2 Å². The smallest absolute Gasteiger partial charge is 0.354 e. The van der Waals surface area contributed by atoms with Crippen LogP contribution in [0, 0.1) is 10.1 Å².